The van der Waals surface area contributed by atoms with E-state index in [1.54, 1.807) is 0 Å². The lowest BCUT2D eigenvalue weighted by molar-refractivity contribution is 0.673. The van der Waals surface area contributed by atoms with Crippen LogP contribution in [0.1, 0.15) is 0 Å². The van der Waals surface area contributed by atoms with Gasteiger partial charge in [-0.15, -0.1) is 0 Å². The first kappa shape index (κ1) is 35.4. The van der Waals surface area contributed by atoms with Crippen molar-refractivity contribution in [2.75, 3.05) is 0 Å². The molecule has 0 aliphatic heterocycles. The summed E-state index contributed by atoms with van der Waals surface area (Å²) in [6, 6.07) is 83.4. The van der Waals surface area contributed by atoms with Gasteiger partial charge in [0.2, 0.25) is 0 Å². The minimum Gasteiger partial charge on any atom is -0.455 e. The first-order valence-corrected chi connectivity index (χ1v) is 21.6. The summed E-state index contributed by atoms with van der Waals surface area (Å²) in [5.41, 5.74) is 18.4. The summed E-state index contributed by atoms with van der Waals surface area (Å²) in [6.45, 7) is 0. The molecule has 0 bridgehead atoms. The SMILES string of the molecule is c1ccc(-c2ccc3c4ccc(-c5ccccc5)cc4n(-c4ccc(-c5ccc(-c6ccc(-n7c8ccccc8c8c9oc%10ccccc%10c9ccc87)cc6)cc5)cc4)c3c2)cc1. The Bertz CT molecular complexity index is 3760. The highest BCUT2D eigenvalue weighted by Crippen LogP contribution is 2.41. The third-order valence-corrected chi connectivity index (χ3v) is 13.0. The third-order valence-electron chi connectivity index (χ3n) is 13.0. The van der Waals surface area contributed by atoms with Gasteiger partial charge in [0, 0.05) is 38.3 Å². The fraction of sp³-hybridized carbons (Fsp3) is 0. The molecule has 0 fully saturated rings. The molecule has 0 N–H and O–H groups in total. The Morgan fingerprint density at radius 3 is 1.22 bits per heavy atom. The molecule has 63 heavy (non-hydrogen) atoms. The van der Waals surface area contributed by atoms with E-state index in [1.165, 1.54) is 71.7 Å². The Kier molecular flexibility index (Phi) is 7.91. The molecule has 0 saturated heterocycles. The fourth-order valence-electron chi connectivity index (χ4n) is 9.89. The second-order valence-electron chi connectivity index (χ2n) is 16.5. The number of hydrogen-bond donors (Lipinski definition) is 0. The quantitative estimate of drug-likeness (QED) is 0.164. The largest absolute Gasteiger partial charge is 0.455 e. The van der Waals surface area contributed by atoms with E-state index in [-0.39, 0.29) is 0 Å². The average molecular weight is 803 g/mol. The zero-order valence-corrected chi connectivity index (χ0v) is 34.2. The topological polar surface area (TPSA) is 23.0 Å². The van der Waals surface area contributed by atoms with Crippen molar-refractivity contribution in [3.05, 3.63) is 231 Å². The van der Waals surface area contributed by atoms with Crippen LogP contribution < -0.4 is 0 Å². The van der Waals surface area contributed by atoms with E-state index in [0.29, 0.717) is 0 Å². The van der Waals surface area contributed by atoms with Gasteiger partial charge in [-0.3, -0.25) is 0 Å². The van der Waals surface area contributed by atoms with Crippen molar-refractivity contribution in [2.45, 2.75) is 0 Å². The third kappa shape index (κ3) is 5.67. The number of hydrogen-bond acceptors (Lipinski definition) is 1. The van der Waals surface area contributed by atoms with Crippen LogP contribution in [0.3, 0.4) is 0 Å². The lowest BCUT2D eigenvalue weighted by atomic mass is 10.00. The molecule has 3 aromatic heterocycles. The van der Waals surface area contributed by atoms with E-state index >= 15 is 0 Å². The number of furan rings is 1. The van der Waals surface area contributed by atoms with Crippen molar-refractivity contribution in [3.63, 3.8) is 0 Å². The van der Waals surface area contributed by atoms with Gasteiger partial charge in [0.1, 0.15) is 11.2 Å². The van der Waals surface area contributed by atoms with Gasteiger partial charge in [-0.2, -0.15) is 0 Å². The standard InChI is InChI=1S/C60H38N2O/c1-3-11-39(12-4-1)45-27-33-49-50-34-28-46(40-13-5-2-6-14-40)38-57(50)62(56(49)37-45)48-31-25-44(26-32-48)42-21-19-41(20-22-42)43-23-29-47(30-24-43)61-54-17-9-7-16-53(54)59-55(61)36-35-52-51-15-8-10-18-58(51)63-60(52)59/h1-38H. The monoisotopic (exact) mass is 802 g/mol. The summed E-state index contributed by atoms with van der Waals surface area (Å²) in [7, 11) is 0. The van der Waals surface area contributed by atoms with Crippen LogP contribution in [0, 0.1) is 0 Å². The highest BCUT2D eigenvalue weighted by atomic mass is 16.3. The van der Waals surface area contributed by atoms with E-state index in [2.05, 4.69) is 234 Å². The zero-order chi connectivity index (χ0) is 41.4. The highest BCUT2D eigenvalue weighted by molar-refractivity contribution is 6.24. The number of para-hydroxylation sites is 2. The summed E-state index contributed by atoms with van der Waals surface area (Å²) in [5.74, 6) is 0. The minimum atomic E-state index is 0.916. The summed E-state index contributed by atoms with van der Waals surface area (Å²) >= 11 is 0. The molecule has 3 heterocycles. The maximum absolute atomic E-state index is 6.52. The van der Waals surface area contributed by atoms with Crippen molar-refractivity contribution in [2.24, 2.45) is 0 Å². The van der Waals surface area contributed by atoms with Crippen LogP contribution in [-0.4, -0.2) is 9.13 Å². The molecular formula is C60H38N2O. The molecule has 0 aliphatic carbocycles. The van der Waals surface area contributed by atoms with Gasteiger partial charge < -0.3 is 13.6 Å². The lowest BCUT2D eigenvalue weighted by Gasteiger charge is -2.12. The number of rotatable bonds is 6. The molecule has 0 radical (unpaired) electrons. The van der Waals surface area contributed by atoms with Gasteiger partial charge in [0.15, 0.2) is 0 Å². The predicted molar refractivity (Wildman–Crippen MR) is 264 cm³/mol. The smallest absolute Gasteiger partial charge is 0.145 e. The second-order valence-corrected chi connectivity index (χ2v) is 16.5. The Labute approximate surface area is 363 Å². The molecule has 0 spiro atoms. The van der Waals surface area contributed by atoms with Crippen molar-refractivity contribution >= 4 is 65.6 Å². The van der Waals surface area contributed by atoms with E-state index in [1.807, 2.05) is 6.07 Å². The van der Waals surface area contributed by atoms with Gasteiger partial charge in [-0.05, 0) is 105 Å². The Morgan fingerprint density at radius 1 is 0.254 bits per heavy atom. The van der Waals surface area contributed by atoms with Crippen molar-refractivity contribution in [3.8, 4) is 55.9 Å². The van der Waals surface area contributed by atoms with Gasteiger partial charge in [0.25, 0.3) is 0 Å². The molecule has 0 atom stereocenters. The summed E-state index contributed by atoms with van der Waals surface area (Å²) < 4.78 is 11.3. The fourth-order valence-corrected chi connectivity index (χ4v) is 9.89. The van der Waals surface area contributed by atoms with E-state index < -0.39 is 0 Å². The maximum Gasteiger partial charge on any atom is 0.145 e. The number of nitrogens with zero attached hydrogens (tertiary/aromatic N) is 2. The normalized spacial score (nSPS) is 11.8. The molecule has 10 aromatic carbocycles. The van der Waals surface area contributed by atoms with Gasteiger partial charge in [0.05, 0.1) is 27.5 Å². The Hall–Kier alpha value is -8.40. The molecule has 3 heteroatoms. The molecule has 3 nitrogen and oxygen atoms in total. The molecule has 13 aromatic rings. The van der Waals surface area contributed by atoms with E-state index in [9.17, 15) is 0 Å². The average Bonchev–Trinajstić information content (AvgIpc) is 4.02. The predicted octanol–water partition coefficient (Wildman–Crippen LogP) is 16.4. The van der Waals surface area contributed by atoms with Crippen molar-refractivity contribution < 1.29 is 4.42 Å². The molecule has 294 valence electrons. The van der Waals surface area contributed by atoms with Crippen LogP contribution in [0.4, 0.5) is 0 Å². The van der Waals surface area contributed by atoms with Crippen LogP contribution >= 0.6 is 0 Å². The molecule has 13 rings (SSSR count). The second kappa shape index (κ2) is 14.1. The number of aromatic nitrogens is 2. The van der Waals surface area contributed by atoms with Gasteiger partial charge >= 0.3 is 0 Å². The summed E-state index contributed by atoms with van der Waals surface area (Å²) in [5, 5.41) is 7.13. The zero-order valence-electron chi connectivity index (χ0n) is 34.2. The molecule has 0 amide bonds. The summed E-state index contributed by atoms with van der Waals surface area (Å²) in [6.07, 6.45) is 0. The first-order chi connectivity index (χ1) is 31.2. The van der Waals surface area contributed by atoms with Crippen LogP contribution in [0.15, 0.2) is 235 Å². The van der Waals surface area contributed by atoms with Crippen LogP contribution in [0.2, 0.25) is 0 Å². The maximum atomic E-state index is 6.52. The number of fused-ring (bicyclic) bond motifs is 10. The van der Waals surface area contributed by atoms with Crippen molar-refractivity contribution in [1.82, 2.24) is 9.13 Å². The minimum absolute atomic E-state index is 0.916. The first-order valence-electron chi connectivity index (χ1n) is 21.6. The van der Waals surface area contributed by atoms with Crippen molar-refractivity contribution in [1.29, 1.82) is 0 Å². The highest BCUT2D eigenvalue weighted by Gasteiger charge is 2.19. The van der Waals surface area contributed by atoms with Crippen LogP contribution in [-0.2, 0) is 0 Å². The van der Waals surface area contributed by atoms with Crippen LogP contribution in [0.25, 0.3) is 121 Å². The molecule has 0 unspecified atom stereocenters. The van der Waals surface area contributed by atoms with Crippen LogP contribution in [0.5, 0.6) is 0 Å². The van der Waals surface area contributed by atoms with Gasteiger partial charge in [-0.1, -0.05) is 170 Å². The Morgan fingerprint density at radius 2 is 0.667 bits per heavy atom. The van der Waals surface area contributed by atoms with E-state index in [0.717, 1.165) is 49.7 Å². The van der Waals surface area contributed by atoms with Gasteiger partial charge in [-0.25, -0.2) is 0 Å². The molecular weight excluding hydrogens is 765 g/mol. The number of benzene rings is 10. The summed E-state index contributed by atoms with van der Waals surface area (Å²) in [4.78, 5) is 0. The van der Waals surface area contributed by atoms with E-state index in [4.69, 9.17) is 4.42 Å². The molecule has 0 saturated carbocycles. The molecule has 0 aliphatic rings. The Balaban J connectivity index is 0.837. The lowest BCUT2D eigenvalue weighted by Crippen LogP contribution is -1.94.